The van der Waals surface area contributed by atoms with Crippen molar-refractivity contribution in [3.63, 3.8) is 0 Å². The molecule has 0 atom stereocenters. The number of hydrogen-bond acceptors (Lipinski definition) is 4. The van der Waals surface area contributed by atoms with Crippen molar-refractivity contribution in [1.82, 2.24) is 15.0 Å². The van der Waals surface area contributed by atoms with Crippen LogP contribution in [0.25, 0.3) is 56.3 Å². The van der Waals surface area contributed by atoms with Gasteiger partial charge in [-0.15, -0.1) is 0 Å². The molecule has 0 aliphatic carbocycles. The molecule has 0 spiro atoms. The summed E-state index contributed by atoms with van der Waals surface area (Å²) in [5, 5.41) is 0. The van der Waals surface area contributed by atoms with Crippen molar-refractivity contribution in [2.75, 3.05) is 0 Å². The molecule has 5 aromatic carbocycles. The van der Waals surface area contributed by atoms with Gasteiger partial charge < -0.3 is 4.74 Å². The van der Waals surface area contributed by atoms with E-state index in [0.717, 1.165) is 61.8 Å². The van der Waals surface area contributed by atoms with Gasteiger partial charge in [-0.25, -0.2) is 9.97 Å². The molecule has 2 aromatic heterocycles. The fourth-order valence-corrected chi connectivity index (χ4v) is 5.19. The Labute approximate surface area is 257 Å². The number of rotatable bonds is 8. The lowest BCUT2D eigenvalue weighted by atomic mass is 10.0. The Morgan fingerprint density at radius 3 is 1.68 bits per heavy atom. The summed E-state index contributed by atoms with van der Waals surface area (Å²) in [6.45, 7) is 0.502. The third-order valence-corrected chi connectivity index (χ3v) is 7.48. The molecule has 4 heteroatoms. The molecule has 0 saturated carbocycles. The first-order chi connectivity index (χ1) is 21.8. The largest absolute Gasteiger partial charge is 0.488 e. The number of para-hydroxylation sites is 1. The van der Waals surface area contributed by atoms with Crippen LogP contribution in [-0.2, 0) is 6.61 Å². The average Bonchev–Trinajstić information content (AvgIpc) is 3.12. The van der Waals surface area contributed by atoms with Gasteiger partial charge in [0.2, 0.25) is 0 Å². The number of ether oxygens (including phenoxy) is 1. The molecule has 44 heavy (non-hydrogen) atoms. The summed E-state index contributed by atoms with van der Waals surface area (Å²) in [4.78, 5) is 14.8. The van der Waals surface area contributed by atoms with E-state index in [1.807, 2.05) is 97.2 Å². The topological polar surface area (TPSA) is 47.9 Å². The maximum absolute atomic E-state index is 6.19. The molecule has 0 N–H and O–H groups in total. The van der Waals surface area contributed by atoms with E-state index in [9.17, 15) is 0 Å². The van der Waals surface area contributed by atoms with E-state index in [1.165, 1.54) is 0 Å². The molecule has 0 radical (unpaired) electrons. The standard InChI is InChI=1S/C40H29N3O/c1-4-13-29(14-5-1)28-44-39-22-11-10-21-35(39)36-24-23-34(27-41-36)32-19-12-20-33(25-32)40-42-37(30-15-6-2-7-16-30)26-38(43-40)31-17-8-3-9-18-31/h1-27H,28H2. The highest BCUT2D eigenvalue weighted by Gasteiger charge is 2.12. The van der Waals surface area contributed by atoms with E-state index in [0.29, 0.717) is 12.4 Å². The minimum atomic E-state index is 0.502. The summed E-state index contributed by atoms with van der Waals surface area (Å²) in [5.41, 5.74) is 9.84. The molecule has 0 amide bonds. The third kappa shape index (κ3) is 6.01. The van der Waals surface area contributed by atoms with Crippen molar-refractivity contribution < 1.29 is 4.74 Å². The molecule has 0 unspecified atom stereocenters. The van der Waals surface area contributed by atoms with E-state index in [1.54, 1.807) is 0 Å². The van der Waals surface area contributed by atoms with Crippen molar-refractivity contribution in [1.29, 1.82) is 0 Å². The highest BCUT2D eigenvalue weighted by molar-refractivity contribution is 5.75. The zero-order chi connectivity index (χ0) is 29.6. The van der Waals surface area contributed by atoms with Crippen molar-refractivity contribution in [3.8, 4) is 62.0 Å². The molecule has 7 aromatic rings. The molecular formula is C40H29N3O. The van der Waals surface area contributed by atoms with Gasteiger partial charge in [-0.3, -0.25) is 4.98 Å². The molecule has 0 aliphatic rings. The van der Waals surface area contributed by atoms with E-state index < -0.39 is 0 Å². The van der Waals surface area contributed by atoms with Gasteiger partial charge in [0.05, 0.1) is 17.1 Å². The smallest absolute Gasteiger partial charge is 0.160 e. The summed E-state index contributed by atoms with van der Waals surface area (Å²) in [7, 11) is 0. The van der Waals surface area contributed by atoms with Crippen LogP contribution in [0.5, 0.6) is 5.75 Å². The molecule has 0 fully saturated rings. The maximum Gasteiger partial charge on any atom is 0.160 e. The molecule has 7 rings (SSSR count). The SMILES string of the molecule is c1ccc(COc2ccccc2-c2ccc(-c3cccc(-c4nc(-c5ccccc5)cc(-c5ccccc5)n4)c3)cn2)cc1. The van der Waals surface area contributed by atoms with Gasteiger partial charge >= 0.3 is 0 Å². The fraction of sp³-hybridized carbons (Fsp3) is 0.0250. The highest BCUT2D eigenvalue weighted by Crippen LogP contribution is 2.32. The van der Waals surface area contributed by atoms with Crippen LogP contribution >= 0.6 is 0 Å². The van der Waals surface area contributed by atoms with Gasteiger partial charge in [0.25, 0.3) is 0 Å². The lowest BCUT2D eigenvalue weighted by Gasteiger charge is -2.12. The minimum absolute atomic E-state index is 0.502. The van der Waals surface area contributed by atoms with Crippen molar-refractivity contribution in [2.45, 2.75) is 6.61 Å². The van der Waals surface area contributed by atoms with Crippen LogP contribution in [0, 0.1) is 0 Å². The Hall–Kier alpha value is -5.87. The second-order valence-corrected chi connectivity index (χ2v) is 10.5. The Bertz CT molecular complexity index is 1930. The molecule has 4 nitrogen and oxygen atoms in total. The first-order valence-corrected chi connectivity index (χ1v) is 14.6. The van der Waals surface area contributed by atoms with E-state index in [4.69, 9.17) is 19.7 Å². The van der Waals surface area contributed by atoms with Gasteiger partial charge in [-0.05, 0) is 41.5 Å². The van der Waals surface area contributed by atoms with Crippen LogP contribution in [0.1, 0.15) is 5.56 Å². The number of aromatic nitrogens is 3. The van der Waals surface area contributed by atoms with Gasteiger partial charge in [0, 0.05) is 34.0 Å². The number of nitrogens with zero attached hydrogens (tertiary/aromatic N) is 3. The van der Waals surface area contributed by atoms with Crippen LogP contribution in [-0.4, -0.2) is 15.0 Å². The first kappa shape index (κ1) is 27.0. The number of pyridine rings is 1. The molecule has 210 valence electrons. The second-order valence-electron chi connectivity index (χ2n) is 10.5. The zero-order valence-corrected chi connectivity index (χ0v) is 24.0. The van der Waals surface area contributed by atoms with Gasteiger partial charge in [-0.1, -0.05) is 127 Å². The first-order valence-electron chi connectivity index (χ1n) is 14.6. The average molecular weight is 568 g/mol. The fourth-order valence-electron chi connectivity index (χ4n) is 5.19. The Balaban J connectivity index is 1.19. The van der Waals surface area contributed by atoms with E-state index in [2.05, 4.69) is 66.7 Å². The Morgan fingerprint density at radius 1 is 0.432 bits per heavy atom. The van der Waals surface area contributed by atoms with Crippen LogP contribution in [0.2, 0.25) is 0 Å². The van der Waals surface area contributed by atoms with Gasteiger partial charge in [-0.2, -0.15) is 0 Å². The highest BCUT2D eigenvalue weighted by atomic mass is 16.5. The second kappa shape index (κ2) is 12.6. The summed E-state index contributed by atoms with van der Waals surface area (Å²) in [6.07, 6.45) is 1.92. The zero-order valence-electron chi connectivity index (χ0n) is 24.0. The lowest BCUT2D eigenvalue weighted by molar-refractivity contribution is 0.307. The molecule has 0 aliphatic heterocycles. The van der Waals surface area contributed by atoms with Crippen LogP contribution in [0.3, 0.4) is 0 Å². The van der Waals surface area contributed by atoms with Crippen LogP contribution in [0.15, 0.2) is 164 Å². The predicted octanol–water partition coefficient (Wildman–Crippen LogP) is 9.79. The number of benzene rings is 5. The Morgan fingerprint density at radius 2 is 1.02 bits per heavy atom. The normalized spacial score (nSPS) is 10.8. The third-order valence-electron chi connectivity index (χ3n) is 7.48. The summed E-state index contributed by atoms with van der Waals surface area (Å²) in [5.74, 6) is 1.49. The summed E-state index contributed by atoms with van der Waals surface area (Å²) >= 11 is 0. The number of hydrogen-bond donors (Lipinski definition) is 0. The van der Waals surface area contributed by atoms with Crippen molar-refractivity contribution in [3.05, 3.63) is 169 Å². The summed E-state index contributed by atoms with van der Waals surface area (Å²) in [6, 6.07) is 53.2. The van der Waals surface area contributed by atoms with Gasteiger partial charge in [0.15, 0.2) is 5.82 Å². The monoisotopic (exact) mass is 567 g/mol. The minimum Gasteiger partial charge on any atom is -0.488 e. The maximum atomic E-state index is 6.19. The van der Waals surface area contributed by atoms with E-state index in [-0.39, 0.29) is 0 Å². The van der Waals surface area contributed by atoms with Crippen molar-refractivity contribution >= 4 is 0 Å². The lowest BCUT2D eigenvalue weighted by Crippen LogP contribution is -1.97. The molecule has 0 bridgehead atoms. The Kier molecular flexibility index (Phi) is 7.70. The quantitative estimate of drug-likeness (QED) is 0.183. The molecular weight excluding hydrogens is 538 g/mol. The van der Waals surface area contributed by atoms with Crippen LogP contribution in [0.4, 0.5) is 0 Å². The van der Waals surface area contributed by atoms with Crippen LogP contribution < -0.4 is 4.74 Å². The van der Waals surface area contributed by atoms with Gasteiger partial charge in [0.1, 0.15) is 12.4 Å². The molecule has 0 saturated heterocycles. The summed E-state index contributed by atoms with van der Waals surface area (Å²) < 4.78 is 6.19. The predicted molar refractivity (Wildman–Crippen MR) is 178 cm³/mol. The van der Waals surface area contributed by atoms with Crippen molar-refractivity contribution in [2.24, 2.45) is 0 Å². The van der Waals surface area contributed by atoms with E-state index >= 15 is 0 Å². The molecule has 2 heterocycles.